The van der Waals surface area contributed by atoms with Gasteiger partial charge in [0.25, 0.3) is 0 Å². The minimum atomic E-state index is 0.841. The number of hydrogen-bond donors (Lipinski definition) is 1. The summed E-state index contributed by atoms with van der Waals surface area (Å²) in [6, 6.07) is 16.7. The van der Waals surface area contributed by atoms with Crippen LogP contribution in [0.15, 0.2) is 54.9 Å². The Labute approximate surface area is 153 Å². The summed E-state index contributed by atoms with van der Waals surface area (Å²) < 4.78 is 2.19. The SMILES string of the molecule is Cc1ccc(Nc2ncnc3c2c(C)c(C)n3-c2ccccc2)cc1C. The summed E-state index contributed by atoms with van der Waals surface area (Å²) in [6.07, 6.45) is 1.63. The van der Waals surface area contributed by atoms with Crippen molar-refractivity contribution in [3.05, 3.63) is 77.2 Å². The van der Waals surface area contributed by atoms with Crippen LogP contribution in [0.5, 0.6) is 0 Å². The van der Waals surface area contributed by atoms with Crippen molar-refractivity contribution in [2.45, 2.75) is 27.7 Å². The number of fused-ring (bicyclic) bond motifs is 1. The minimum absolute atomic E-state index is 0.841. The lowest BCUT2D eigenvalue weighted by Crippen LogP contribution is -1.99. The van der Waals surface area contributed by atoms with E-state index in [1.807, 2.05) is 18.2 Å². The standard InChI is InChI=1S/C22H22N4/c1-14-10-11-18(12-15(14)2)25-21-20-16(3)17(4)26(22(20)24-13-23-21)19-8-6-5-7-9-19/h5-13H,1-4H3,(H,23,24,25). The highest BCUT2D eigenvalue weighted by Gasteiger charge is 2.17. The van der Waals surface area contributed by atoms with E-state index in [4.69, 9.17) is 0 Å². The molecule has 0 aliphatic heterocycles. The average molecular weight is 342 g/mol. The van der Waals surface area contributed by atoms with Gasteiger partial charge in [0.1, 0.15) is 12.1 Å². The van der Waals surface area contributed by atoms with Crippen molar-refractivity contribution < 1.29 is 0 Å². The van der Waals surface area contributed by atoms with Crippen molar-refractivity contribution in [1.29, 1.82) is 0 Å². The number of rotatable bonds is 3. The second-order valence-electron chi connectivity index (χ2n) is 6.73. The van der Waals surface area contributed by atoms with E-state index in [0.717, 1.165) is 28.2 Å². The molecule has 130 valence electrons. The Morgan fingerprint density at radius 2 is 1.62 bits per heavy atom. The van der Waals surface area contributed by atoms with E-state index in [9.17, 15) is 0 Å². The highest BCUT2D eigenvalue weighted by Crippen LogP contribution is 2.32. The van der Waals surface area contributed by atoms with Gasteiger partial charge in [-0.15, -0.1) is 0 Å². The van der Waals surface area contributed by atoms with E-state index in [1.165, 1.54) is 22.4 Å². The first kappa shape index (κ1) is 16.3. The van der Waals surface area contributed by atoms with Gasteiger partial charge < -0.3 is 5.32 Å². The highest BCUT2D eigenvalue weighted by molar-refractivity contribution is 5.94. The molecule has 0 saturated carbocycles. The maximum atomic E-state index is 4.59. The lowest BCUT2D eigenvalue weighted by atomic mass is 10.1. The van der Waals surface area contributed by atoms with Crippen LogP contribution in [0, 0.1) is 27.7 Å². The smallest absolute Gasteiger partial charge is 0.150 e. The largest absolute Gasteiger partial charge is 0.340 e. The molecule has 0 unspecified atom stereocenters. The predicted molar refractivity (Wildman–Crippen MR) is 108 cm³/mol. The fraction of sp³-hybridized carbons (Fsp3) is 0.182. The van der Waals surface area contributed by atoms with Crippen LogP contribution in [-0.2, 0) is 0 Å². The third kappa shape index (κ3) is 2.64. The molecule has 4 nitrogen and oxygen atoms in total. The number of hydrogen-bond acceptors (Lipinski definition) is 3. The summed E-state index contributed by atoms with van der Waals surface area (Å²) in [5, 5.41) is 4.55. The summed E-state index contributed by atoms with van der Waals surface area (Å²) in [7, 11) is 0. The molecule has 4 rings (SSSR count). The monoisotopic (exact) mass is 342 g/mol. The molecule has 0 spiro atoms. The Kier molecular flexibility index (Phi) is 3.96. The summed E-state index contributed by atoms with van der Waals surface area (Å²) in [6.45, 7) is 8.50. The van der Waals surface area contributed by atoms with Crippen molar-refractivity contribution in [2.24, 2.45) is 0 Å². The number of nitrogens with zero attached hydrogens (tertiary/aromatic N) is 3. The van der Waals surface area contributed by atoms with Gasteiger partial charge in [0.05, 0.1) is 5.39 Å². The Morgan fingerprint density at radius 1 is 0.846 bits per heavy atom. The second kappa shape index (κ2) is 6.30. The zero-order valence-corrected chi connectivity index (χ0v) is 15.5. The van der Waals surface area contributed by atoms with Gasteiger partial charge in [-0.2, -0.15) is 0 Å². The van der Waals surface area contributed by atoms with Crippen LogP contribution in [0.3, 0.4) is 0 Å². The van der Waals surface area contributed by atoms with Crippen LogP contribution in [0.4, 0.5) is 11.5 Å². The molecule has 1 N–H and O–H groups in total. The van der Waals surface area contributed by atoms with E-state index >= 15 is 0 Å². The summed E-state index contributed by atoms with van der Waals surface area (Å²) in [4.78, 5) is 9.11. The summed E-state index contributed by atoms with van der Waals surface area (Å²) in [5.74, 6) is 0.841. The van der Waals surface area contributed by atoms with Gasteiger partial charge in [-0.1, -0.05) is 24.3 Å². The molecular formula is C22H22N4. The molecule has 0 radical (unpaired) electrons. The Bertz CT molecular complexity index is 1090. The van der Waals surface area contributed by atoms with Crippen molar-refractivity contribution in [3.8, 4) is 5.69 Å². The molecule has 4 heteroatoms. The molecule has 26 heavy (non-hydrogen) atoms. The van der Waals surface area contributed by atoms with Gasteiger partial charge in [-0.3, -0.25) is 4.57 Å². The maximum absolute atomic E-state index is 4.59. The van der Waals surface area contributed by atoms with Gasteiger partial charge in [0.2, 0.25) is 0 Å². The molecular weight excluding hydrogens is 320 g/mol. The lowest BCUT2D eigenvalue weighted by molar-refractivity contribution is 1.01. The Morgan fingerprint density at radius 3 is 2.35 bits per heavy atom. The number of aryl methyl sites for hydroxylation is 3. The number of anilines is 2. The third-order valence-electron chi connectivity index (χ3n) is 5.08. The zero-order valence-electron chi connectivity index (χ0n) is 15.5. The van der Waals surface area contributed by atoms with Crippen LogP contribution in [0.25, 0.3) is 16.7 Å². The van der Waals surface area contributed by atoms with E-state index in [0.29, 0.717) is 0 Å². The fourth-order valence-electron chi connectivity index (χ4n) is 3.34. The highest BCUT2D eigenvalue weighted by atomic mass is 15.1. The molecule has 2 aromatic heterocycles. The Hall–Kier alpha value is -3.14. The van der Waals surface area contributed by atoms with Crippen molar-refractivity contribution in [2.75, 3.05) is 5.32 Å². The molecule has 0 aliphatic rings. The first-order valence-electron chi connectivity index (χ1n) is 8.78. The van der Waals surface area contributed by atoms with Gasteiger partial charge in [0.15, 0.2) is 5.65 Å². The number of aromatic nitrogens is 3. The third-order valence-corrected chi connectivity index (χ3v) is 5.08. The first-order chi connectivity index (χ1) is 12.6. The average Bonchev–Trinajstić information content (AvgIpc) is 2.91. The summed E-state index contributed by atoms with van der Waals surface area (Å²) in [5.41, 5.74) is 7.98. The van der Waals surface area contributed by atoms with Gasteiger partial charge in [-0.25, -0.2) is 9.97 Å². The van der Waals surface area contributed by atoms with Crippen LogP contribution in [0.1, 0.15) is 22.4 Å². The van der Waals surface area contributed by atoms with Gasteiger partial charge >= 0.3 is 0 Å². The van der Waals surface area contributed by atoms with E-state index < -0.39 is 0 Å². The second-order valence-corrected chi connectivity index (χ2v) is 6.73. The number of para-hydroxylation sites is 1. The summed E-state index contributed by atoms with van der Waals surface area (Å²) >= 11 is 0. The zero-order chi connectivity index (χ0) is 18.3. The molecule has 2 heterocycles. The normalized spacial score (nSPS) is 11.1. The first-order valence-corrected chi connectivity index (χ1v) is 8.78. The molecule has 0 amide bonds. The molecule has 0 bridgehead atoms. The quantitative estimate of drug-likeness (QED) is 0.542. The maximum Gasteiger partial charge on any atom is 0.150 e. The molecule has 4 aromatic rings. The lowest BCUT2D eigenvalue weighted by Gasteiger charge is -2.10. The van der Waals surface area contributed by atoms with Crippen LogP contribution < -0.4 is 5.32 Å². The fourth-order valence-corrected chi connectivity index (χ4v) is 3.34. The number of benzene rings is 2. The van der Waals surface area contributed by atoms with Crippen molar-refractivity contribution in [1.82, 2.24) is 14.5 Å². The molecule has 0 fully saturated rings. The number of nitrogens with one attached hydrogen (secondary N) is 1. The van der Waals surface area contributed by atoms with Crippen LogP contribution in [-0.4, -0.2) is 14.5 Å². The minimum Gasteiger partial charge on any atom is -0.340 e. The molecule has 2 aromatic carbocycles. The molecule has 0 atom stereocenters. The Balaban J connectivity index is 1.88. The molecule has 0 aliphatic carbocycles. The van der Waals surface area contributed by atoms with E-state index in [2.05, 4.69) is 77.9 Å². The van der Waals surface area contributed by atoms with E-state index in [-0.39, 0.29) is 0 Å². The topological polar surface area (TPSA) is 42.7 Å². The van der Waals surface area contributed by atoms with Crippen LogP contribution in [0.2, 0.25) is 0 Å². The van der Waals surface area contributed by atoms with Crippen molar-refractivity contribution in [3.63, 3.8) is 0 Å². The molecule has 0 saturated heterocycles. The van der Waals surface area contributed by atoms with E-state index in [1.54, 1.807) is 6.33 Å². The predicted octanol–water partition coefficient (Wildman–Crippen LogP) is 5.40. The van der Waals surface area contributed by atoms with Gasteiger partial charge in [-0.05, 0) is 68.7 Å². The van der Waals surface area contributed by atoms with Gasteiger partial charge in [0, 0.05) is 17.1 Å². The van der Waals surface area contributed by atoms with Crippen LogP contribution >= 0.6 is 0 Å². The van der Waals surface area contributed by atoms with Crippen molar-refractivity contribution >= 4 is 22.5 Å².